The van der Waals surface area contributed by atoms with Crippen molar-refractivity contribution in [2.75, 3.05) is 0 Å². The summed E-state index contributed by atoms with van der Waals surface area (Å²) in [5.74, 6) is 0.115. The van der Waals surface area contributed by atoms with E-state index in [2.05, 4.69) is 15.9 Å². The fourth-order valence-corrected chi connectivity index (χ4v) is 3.74. The smallest absolute Gasteiger partial charge is 0.265 e. The Bertz CT molecular complexity index is 621. The number of rotatable bonds is 4. The van der Waals surface area contributed by atoms with E-state index in [1.807, 2.05) is 40.6 Å². The highest BCUT2D eigenvalue weighted by molar-refractivity contribution is 9.10. The van der Waals surface area contributed by atoms with Gasteiger partial charge in [-0.15, -0.1) is 11.3 Å². The third-order valence-electron chi connectivity index (χ3n) is 3.33. The van der Waals surface area contributed by atoms with Gasteiger partial charge in [0.1, 0.15) is 4.88 Å². The van der Waals surface area contributed by atoms with Crippen LogP contribution < -0.4 is 0 Å². The second-order valence-corrected chi connectivity index (χ2v) is 7.10. The van der Waals surface area contributed by atoms with E-state index < -0.39 is 0 Å². The van der Waals surface area contributed by atoms with Crippen LogP contribution in [0.15, 0.2) is 40.2 Å². The van der Waals surface area contributed by atoms with E-state index in [1.165, 1.54) is 11.3 Å². The van der Waals surface area contributed by atoms with Crippen molar-refractivity contribution in [1.82, 2.24) is 4.90 Å². The highest BCUT2D eigenvalue weighted by Crippen LogP contribution is 2.33. The summed E-state index contributed by atoms with van der Waals surface area (Å²) in [6.07, 6.45) is 2.20. The summed E-state index contributed by atoms with van der Waals surface area (Å²) in [6, 6.07) is 10.0. The molecule has 0 bridgehead atoms. The summed E-state index contributed by atoms with van der Waals surface area (Å²) in [4.78, 5) is 15.4. The number of carbonyl (C=O) groups excluding carboxylic acids is 1. The van der Waals surface area contributed by atoms with Crippen molar-refractivity contribution in [3.63, 3.8) is 0 Å². The molecule has 2 nitrogen and oxygen atoms in total. The summed E-state index contributed by atoms with van der Waals surface area (Å²) < 4.78 is 0.884. The highest BCUT2D eigenvalue weighted by atomic mass is 79.9. The van der Waals surface area contributed by atoms with Crippen LogP contribution in [0.3, 0.4) is 0 Å². The van der Waals surface area contributed by atoms with Crippen LogP contribution in [0.25, 0.3) is 0 Å². The molecule has 0 aliphatic heterocycles. The van der Waals surface area contributed by atoms with Gasteiger partial charge in [-0.25, -0.2) is 0 Å². The highest BCUT2D eigenvalue weighted by Gasteiger charge is 2.34. The molecule has 1 saturated carbocycles. The van der Waals surface area contributed by atoms with Crippen molar-refractivity contribution in [2.45, 2.75) is 25.4 Å². The Morgan fingerprint density at radius 2 is 2.00 bits per heavy atom. The number of halogens is 2. The van der Waals surface area contributed by atoms with E-state index in [-0.39, 0.29) is 5.91 Å². The summed E-state index contributed by atoms with van der Waals surface area (Å²) in [5, 5.41) is 2.66. The number of hydrogen-bond donors (Lipinski definition) is 0. The van der Waals surface area contributed by atoms with Gasteiger partial charge in [-0.2, -0.15) is 0 Å². The lowest BCUT2D eigenvalue weighted by molar-refractivity contribution is 0.0734. The van der Waals surface area contributed by atoms with Crippen LogP contribution in [-0.2, 0) is 6.54 Å². The average molecular weight is 371 g/mol. The van der Waals surface area contributed by atoms with Gasteiger partial charge in [0.25, 0.3) is 5.91 Å². The van der Waals surface area contributed by atoms with Crippen LogP contribution in [-0.4, -0.2) is 16.8 Å². The van der Waals surface area contributed by atoms with Gasteiger partial charge < -0.3 is 4.90 Å². The molecule has 3 rings (SSSR count). The Labute approximate surface area is 135 Å². The number of hydrogen-bond acceptors (Lipinski definition) is 2. The molecule has 0 N–H and O–H groups in total. The minimum atomic E-state index is 0.115. The fraction of sp³-hybridized carbons (Fsp3) is 0.267. The van der Waals surface area contributed by atoms with E-state index in [0.717, 1.165) is 32.8 Å². The Morgan fingerprint density at radius 1 is 1.30 bits per heavy atom. The maximum Gasteiger partial charge on any atom is 0.265 e. The van der Waals surface area contributed by atoms with Crippen molar-refractivity contribution in [3.8, 4) is 0 Å². The monoisotopic (exact) mass is 369 g/mol. The predicted octanol–water partition coefficient (Wildman–Crippen LogP) is 4.97. The molecular formula is C15H13BrClNOS. The van der Waals surface area contributed by atoms with Gasteiger partial charge in [0, 0.05) is 22.1 Å². The molecule has 1 fully saturated rings. The van der Waals surface area contributed by atoms with Crippen LogP contribution in [0.4, 0.5) is 0 Å². The number of thiophene rings is 1. The van der Waals surface area contributed by atoms with Crippen LogP contribution in [0, 0.1) is 0 Å². The number of nitrogens with zero attached hydrogens (tertiary/aromatic N) is 1. The quantitative estimate of drug-likeness (QED) is 0.744. The van der Waals surface area contributed by atoms with Crippen LogP contribution in [0.2, 0.25) is 5.02 Å². The SMILES string of the molecule is O=C(c1sccc1Br)N(Cc1ccc(Cl)cc1)C1CC1. The molecule has 20 heavy (non-hydrogen) atoms. The van der Waals surface area contributed by atoms with Crippen molar-refractivity contribution in [1.29, 1.82) is 0 Å². The fourth-order valence-electron chi connectivity index (χ4n) is 2.12. The Morgan fingerprint density at radius 3 is 2.55 bits per heavy atom. The van der Waals surface area contributed by atoms with Crippen LogP contribution in [0.5, 0.6) is 0 Å². The van der Waals surface area contributed by atoms with Crippen molar-refractivity contribution < 1.29 is 4.79 Å². The standard InChI is InChI=1S/C15H13BrClNOS/c16-13-7-8-20-14(13)15(19)18(12-5-6-12)9-10-1-3-11(17)4-2-10/h1-4,7-8,12H,5-6,9H2. The van der Waals surface area contributed by atoms with Crippen LogP contribution in [0.1, 0.15) is 28.1 Å². The third kappa shape index (κ3) is 3.08. The minimum Gasteiger partial charge on any atom is -0.331 e. The first-order chi connectivity index (χ1) is 9.65. The van der Waals surface area contributed by atoms with Crippen molar-refractivity contribution >= 4 is 44.8 Å². The molecule has 1 aliphatic rings. The Hall–Kier alpha value is -0.840. The van der Waals surface area contributed by atoms with Gasteiger partial charge in [-0.1, -0.05) is 23.7 Å². The van der Waals surface area contributed by atoms with Gasteiger partial charge in [0.15, 0.2) is 0 Å². The zero-order valence-electron chi connectivity index (χ0n) is 10.7. The van der Waals surface area contributed by atoms with Crippen LogP contribution >= 0.6 is 38.9 Å². The summed E-state index contributed by atoms with van der Waals surface area (Å²) >= 11 is 10.8. The number of benzene rings is 1. The molecule has 0 unspecified atom stereocenters. The van der Waals surface area contributed by atoms with Gasteiger partial charge >= 0.3 is 0 Å². The molecular weight excluding hydrogens is 358 g/mol. The van der Waals surface area contributed by atoms with E-state index in [1.54, 1.807) is 0 Å². The number of carbonyl (C=O) groups is 1. The van der Waals surface area contributed by atoms with E-state index in [9.17, 15) is 4.79 Å². The number of amides is 1. The topological polar surface area (TPSA) is 20.3 Å². The lowest BCUT2D eigenvalue weighted by atomic mass is 10.2. The van der Waals surface area contributed by atoms with E-state index >= 15 is 0 Å². The molecule has 1 aromatic heterocycles. The molecule has 1 heterocycles. The molecule has 0 saturated heterocycles. The summed E-state index contributed by atoms with van der Waals surface area (Å²) in [5.41, 5.74) is 1.11. The molecule has 1 aromatic carbocycles. The Balaban J connectivity index is 1.81. The average Bonchev–Trinajstić information content (AvgIpc) is 3.19. The second-order valence-electron chi connectivity index (χ2n) is 4.89. The third-order valence-corrected chi connectivity index (χ3v) is 5.40. The molecule has 5 heteroatoms. The summed E-state index contributed by atoms with van der Waals surface area (Å²) in [6.45, 7) is 0.644. The van der Waals surface area contributed by atoms with E-state index in [4.69, 9.17) is 11.6 Å². The lowest BCUT2D eigenvalue weighted by Crippen LogP contribution is -2.32. The maximum atomic E-state index is 12.7. The zero-order valence-corrected chi connectivity index (χ0v) is 13.8. The zero-order chi connectivity index (χ0) is 14.1. The first-order valence-corrected chi connectivity index (χ1v) is 8.48. The molecule has 0 spiro atoms. The molecule has 1 aliphatic carbocycles. The molecule has 104 valence electrons. The van der Waals surface area contributed by atoms with Gasteiger partial charge in [-0.3, -0.25) is 4.79 Å². The van der Waals surface area contributed by atoms with Crippen molar-refractivity contribution in [3.05, 3.63) is 55.6 Å². The van der Waals surface area contributed by atoms with Gasteiger partial charge in [0.2, 0.25) is 0 Å². The summed E-state index contributed by atoms with van der Waals surface area (Å²) in [7, 11) is 0. The van der Waals surface area contributed by atoms with Crippen molar-refractivity contribution in [2.24, 2.45) is 0 Å². The van der Waals surface area contributed by atoms with E-state index in [0.29, 0.717) is 12.6 Å². The van der Waals surface area contributed by atoms with Gasteiger partial charge in [-0.05, 0) is 57.9 Å². The lowest BCUT2D eigenvalue weighted by Gasteiger charge is -2.22. The molecule has 0 atom stereocenters. The molecule has 0 radical (unpaired) electrons. The first kappa shape index (κ1) is 14.1. The largest absolute Gasteiger partial charge is 0.331 e. The normalized spacial score (nSPS) is 14.3. The molecule has 1 amide bonds. The Kier molecular flexibility index (Phi) is 4.15. The van der Waals surface area contributed by atoms with Gasteiger partial charge in [0.05, 0.1) is 0 Å². The molecule has 2 aromatic rings. The maximum absolute atomic E-state index is 12.7. The first-order valence-electron chi connectivity index (χ1n) is 6.43. The predicted molar refractivity (Wildman–Crippen MR) is 86.4 cm³/mol. The minimum absolute atomic E-state index is 0.115. The second kappa shape index (κ2) is 5.88.